The van der Waals surface area contributed by atoms with E-state index in [1.807, 2.05) is 48.7 Å². The summed E-state index contributed by atoms with van der Waals surface area (Å²) in [4.78, 5) is 27.4. The molecule has 2 aromatic heterocycles. The van der Waals surface area contributed by atoms with Crippen LogP contribution in [0.1, 0.15) is 21.7 Å². The van der Waals surface area contributed by atoms with Crippen molar-refractivity contribution in [1.82, 2.24) is 20.4 Å². The number of anilines is 1. The molecular weight excluding hydrogens is 364 g/mol. The van der Waals surface area contributed by atoms with Crippen molar-refractivity contribution in [3.05, 3.63) is 83.9 Å². The number of pyridine rings is 1. The molecule has 0 spiro atoms. The smallest absolute Gasteiger partial charge is 0.303 e. The Bertz CT molecular complexity index is 1210. The number of nitrogens with zero attached hydrogens (tertiary/aromatic N) is 4. The number of hydrogen-bond donors (Lipinski definition) is 2. The van der Waals surface area contributed by atoms with Crippen LogP contribution in [0.3, 0.4) is 0 Å². The number of aromatic nitrogens is 3. The summed E-state index contributed by atoms with van der Waals surface area (Å²) in [7, 11) is 0. The maximum Gasteiger partial charge on any atom is 0.303 e. The van der Waals surface area contributed by atoms with Gasteiger partial charge in [0.2, 0.25) is 5.82 Å². The van der Waals surface area contributed by atoms with Crippen molar-refractivity contribution in [2.24, 2.45) is 5.84 Å². The van der Waals surface area contributed by atoms with Gasteiger partial charge >= 0.3 is 5.91 Å². The van der Waals surface area contributed by atoms with Crippen molar-refractivity contribution >= 4 is 22.5 Å². The lowest BCUT2D eigenvalue weighted by Gasteiger charge is -2.18. The normalized spacial score (nSPS) is 12.8. The number of nitrogens with one attached hydrogen (secondary N) is 1. The molecular formula is C22H18N6O. The highest BCUT2D eigenvalue weighted by Crippen LogP contribution is 2.30. The van der Waals surface area contributed by atoms with Crippen LogP contribution in [-0.4, -0.2) is 20.9 Å². The van der Waals surface area contributed by atoms with E-state index in [9.17, 15) is 4.79 Å². The summed E-state index contributed by atoms with van der Waals surface area (Å²) in [6.07, 6.45) is 3.57. The number of nitrogen functional groups attached to an aromatic ring is 1. The third-order valence-electron chi connectivity index (χ3n) is 5.15. The third-order valence-corrected chi connectivity index (χ3v) is 5.15. The Morgan fingerprint density at radius 3 is 2.52 bits per heavy atom. The molecule has 3 heterocycles. The molecule has 3 N–H and O–H groups in total. The highest BCUT2D eigenvalue weighted by Gasteiger charge is 2.22. The zero-order valence-corrected chi connectivity index (χ0v) is 15.5. The van der Waals surface area contributed by atoms with Crippen molar-refractivity contribution in [2.45, 2.75) is 13.1 Å². The van der Waals surface area contributed by atoms with E-state index < -0.39 is 5.91 Å². The molecule has 1 aliphatic rings. The van der Waals surface area contributed by atoms with Gasteiger partial charge in [-0.15, -0.1) is 0 Å². The molecule has 0 atom stereocenters. The average molecular weight is 382 g/mol. The van der Waals surface area contributed by atoms with Gasteiger partial charge in [-0.2, -0.15) is 0 Å². The quantitative estimate of drug-likeness (QED) is 0.321. The first-order valence-electron chi connectivity index (χ1n) is 9.27. The first-order chi connectivity index (χ1) is 14.2. The topological polar surface area (TPSA) is 97.0 Å². The summed E-state index contributed by atoms with van der Waals surface area (Å²) in [5.74, 6) is 5.55. The summed E-state index contributed by atoms with van der Waals surface area (Å²) in [5.41, 5.74) is 6.20. The second-order valence-electron chi connectivity index (χ2n) is 6.97. The molecule has 29 heavy (non-hydrogen) atoms. The largest absolute Gasteiger partial charge is 0.348 e. The van der Waals surface area contributed by atoms with E-state index in [0.29, 0.717) is 11.5 Å². The van der Waals surface area contributed by atoms with E-state index in [2.05, 4.69) is 37.4 Å². The summed E-state index contributed by atoms with van der Waals surface area (Å²) < 4.78 is 0. The number of fused-ring (bicyclic) bond motifs is 2. The lowest BCUT2D eigenvalue weighted by molar-refractivity contribution is 0.0943. The number of benzene rings is 2. The fourth-order valence-electron chi connectivity index (χ4n) is 3.65. The minimum Gasteiger partial charge on any atom is -0.348 e. The number of hydrazine groups is 1. The molecule has 0 unspecified atom stereocenters. The summed E-state index contributed by atoms with van der Waals surface area (Å²) in [6.45, 7) is 1.47. The van der Waals surface area contributed by atoms with E-state index >= 15 is 0 Å². The van der Waals surface area contributed by atoms with Crippen molar-refractivity contribution in [1.29, 1.82) is 0 Å². The molecule has 1 aliphatic heterocycles. The number of nitrogens with two attached hydrogens (primary N) is 1. The minimum atomic E-state index is -0.521. The molecule has 0 saturated heterocycles. The van der Waals surface area contributed by atoms with Crippen molar-refractivity contribution < 1.29 is 4.79 Å². The molecule has 4 aromatic rings. The predicted octanol–water partition coefficient (Wildman–Crippen LogP) is 2.82. The molecule has 7 nitrogen and oxygen atoms in total. The first-order valence-corrected chi connectivity index (χ1v) is 9.27. The lowest BCUT2D eigenvalue weighted by Crippen LogP contribution is -2.32. The molecule has 142 valence electrons. The van der Waals surface area contributed by atoms with Crippen LogP contribution in [0.2, 0.25) is 0 Å². The van der Waals surface area contributed by atoms with Gasteiger partial charge in [-0.25, -0.2) is 15.8 Å². The van der Waals surface area contributed by atoms with Gasteiger partial charge in [0.1, 0.15) is 5.82 Å². The van der Waals surface area contributed by atoms with Crippen LogP contribution in [0.5, 0.6) is 0 Å². The maximum absolute atomic E-state index is 12.2. The molecule has 7 heteroatoms. The summed E-state index contributed by atoms with van der Waals surface area (Å²) in [6, 6.07) is 18.2. The van der Waals surface area contributed by atoms with Gasteiger partial charge in [0.25, 0.3) is 0 Å². The van der Waals surface area contributed by atoms with Gasteiger partial charge in [-0.1, -0.05) is 36.4 Å². The van der Waals surface area contributed by atoms with Crippen LogP contribution in [0, 0.1) is 0 Å². The van der Waals surface area contributed by atoms with Crippen LogP contribution >= 0.6 is 0 Å². The number of rotatable bonds is 3. The van der Waals surface area contributed by atoms with Crippen molar-refractivity contribution in [3.63, 3.8) is 0 Å². The summed E-state index contributed by atoms with van der Waals surface area (Å²) >= 11 is 0. The zero-order valence-electron chi connectivity index (χ0n) is 15.5. The first kappa shape index (κ1) is 17.3. The van der Waals surface area contributed by atoms with Gasteiger partial charge in [0, 0.05) is 42.5 Å². The van der Waals surface area contributed by atoms with Gasteiger partial charge in [0.15, 0.2) is 0 Å². The fraction of sp³-hybridized carbons (Fsp3) is 0.0909. The zero-order chi connectivity index (χ0) is 19.8. The molecule has 5 rings (SSSR count). The van der Waals surface area contributed by atoms with Gasteiger partial charge in [0.05, 0.1) is 5.69 Å². The molecule has 0 radical (unpaired) electrons. The molecule has 0 saturated carbocycles. The summed E-state index contributed by atoms with van der Waals surface area (Å²) in [5, 5.41) is 2.09. The van der Waals surface area contributed by atoms with Crippen LogP contribution in [0.25, 0.3) is 22.0 Å². The van der Waals surface area contributed by atoms with Crippen LogP contribution in [0.15, 0.2) is 67.0 Å². The van der Waals surface area contributed by atoms with E-state index in [1.165, 1.54) is 11.1 Å². The molecule has 2 aromatic carbocycles. The highest BCUT2D eigenvalue weighted by molar-refractivity contribution is 5.91. The van der Waals surface area contributed by atoms with E-state index in [-0.39, 0.29) is 5.82 Å². The molecule has 0 fully saturated rings. The van der Waals surface area contributed by atoms with Crippen LogP contribution < -0.4 is 16.2 Å². The Kier molecular flexibility index (Phi) is 4.14. The van der Waals surface area contributed by atoms with Gasteiger partial charge in [-0.3, -0.25) is 15.2 Å². The van der Waals surface area contributed by atoms with E-state index in [1.54, 1.807) is 6.20 Å². The van der Waals surface area contributed by atoms with Crippen LogP contribution in [-0.2, 0) is 13.1 Å². The van der Waals surface area contributed by atoms with Gasteiger partial charge in [-0.05, 0) is 28.6 Å². The number of hydrogen-bond acceptors (Lipinski definition) is 6. The minimum absolute atomic E-state index is 0.0437. The second-order valence-corrected chi connectivity index (χ2v) is 6.97. The Hall–Kier alpha value is -3.84. The lowest BCUT2D eigenvalue weighted by atomic mass is 10.1. The monoisotopic (exact) mass is 382 g/mol. The standard InChI is InChI=1S/C22H18N6O/c23-27-22(29)21-25-19(15-6-5-14-7-8-24-11-18(14)9-15)10-20(26-21)28-12-16-3-1-2-4-17(16)13-28/h1-11H,12-13,23H2,(H,27,29). The van der Waals surface area contributed by atoms with Gasteiger partial charge < -0.3 is 4.90 Å². The fourth-order valence-corrected chi connectivity index (χ4v) is 3.65. The highest BCUT2D eigenvalue weighted by atomic mass is 16.2. The van der Waals surface area contributed by atoms with Crippen molar-refractivity contribution in [2.75, 3.05) is 4.90 Å². The molecule has 0 aliphatic carbocycles. The second kappa shape index (κ2) is 6.96. The molecule has 0 bridgehead atoms. The Labute approximate surface area is 167 Å². The third kappa shape index (κ3) is 3.17. The number of amides is 1. The van der Waals surface area contributed by atoms with E-state index in [0.717, 1.165) is 29.4 Å². The number of carbonyl (C=O) groups excluding carboxylic acids is 1. The maximum atomic E-state index is 12.2. The SMILES string of the molecule is NNC(=O)c1nc(-c2ccc3ccncc3c2)cc(N2Cc3ccccc3C2)n1. The van der Waals surface area contributed by atoms with Crippen LogP contribution in [0.4, 0.5) is 5.82 Å². The average Bonchev–Trinajstić information content (AvgIpc) is 3.22. The predicted molar refractivity (Wildman–Crippen MR) is 111 cm³/mol. The number of carbonyl (C=O) groups is 1. The van der Waals surface area contributed by atoms with Crippen molar-refractivity contribution in [3.8, 4) is 11.3 Å². The Balaban J connectivity index is 1.60. The Morgan fingerprint density at radius 1 is 0.966 bits per heavy atom. The van der Waals surface area contributed by atoms with E-state index in [4.69, 9.17) is 5.84 Å². The Morgan fingerprint density at radius 2 is 1.76 bits per heavy atom. The molecule has 1 amide bonds.